The predicted molar refractivity (Wildman–Crippen MR) is 73.8 cm³/mol. The molecule has 2 nitrogen and oxygen atoms in total. The number of likely N-dealkylation sites (N-methyl/N-ethyl adjacent to an activating group) is 1. The van der Waals surface area contributed by atoms with Crippen molar-refractivity contribution in [1.29, 1.82) is 0 Å². The Balaban J connectivity index is 2.16. The van der Waals surface area contributed by atoms with E-state index in [0.29, 0.717) is 0 Å². The van der Waals surface area contributed by atoms with Gasteiger partial charge in [-0.15, -0.1) is 11.3 Å². The second-order valence-electron chi connectivity index (χ2n) is 3.96. The molecule has 2 aromatic rings. The lowest BCUT2D eigenvalue weighted by molar-refractivity contribution is 0.579. The minimum absolute atomic E-state index is 0.240. The van der Waals surface area contributed by atoms with Crippen LogP contribution in [-0.2, 0) is 6.42 Å². The van der Waals surface area contributed by atoms with E-state index in [-0.39, 0.29) is 6.04 Å². The highest BCUT2D eigenvalue weighted by atomic mass is 35.5. The number of pyridine rings is 1. The predicted octanol–water partition coefficient (Wildman–Crippen LogP) is 3.61. The lowest BCUT2D eigenvalue weighted by Gasteiger charge is -2.15. The van der Waals surface area contributed by atoms with E-state index >= 15 is 0 Å². The molecule has 0 spiro atoms. The van der Waals surface area contributed by atoms with Crippen LogP contribution in [0.3, 0.4) is 0 Å². The van der Waals surface area contributed by atoms with Gasteiger partial charge in [-0.1, -0.05) is 17.7 Å². The van der Waals surface area contributed by atoms with Crippen LogP contribution in [0.2, 0.25) is 4.34 Å². The van der Waals surface area contributed by atoms with Gasteiger partial charge in [-0.3, -0.25) is 4.98 Å². The first-order valence-electron chi connectivity index (χ1n) is 5.54. The van der Waals surface area contributed by atoms with Crippen molar-refractivity contribution in [1.82, 2.24) is 10.3 Å². The Morgan fingerprint density at radius 3 is 2.76 bits per heavy atom. The third-order valence-corrected chi connectivity index (χ3v) is 3.90. The molecule has 2 heterocycles. The van der Waals surface area contributed by atoms with Gasteiger partial charge in [0.25, 0.3) is 0 Å². The molecule has 1 unspecified atom stereocenters. The molecule has 2 rings (SSSR count). The van der Waals surface area contributed by atoms with Gasteiger partial charge in [0.15, 0.2) is 0 Å². The first-order chi connectivity index (χ1) is 8.19. The maximum atomic E-state index is 5.94. The third kappa shape index (κ3) is 3.28. The zero-order valence-corrected chi connectivity index (χ0v) is 11.5. The minimum Gasteiger partial charge on any atom is -0.311 e. The normalized spacial score (nSPS) is 12.6. The number of thiophene rings is 1. The van der Waals surface area contributed by atoms with E-state index in [2.05, 4.69) is 22.4 Å². The number of hydrogen-bond acceptors (Lipinski definition) is 3. The molecule has 0 aliphatic carbocycles. The van der Waals surface area contributed by atoms with E-state index in [9.17, 15) is 0 Å². The summed E-state index contributed by atoms with van der Waals surface area (Å²) >= 11 is 7.57. The van der Waals surface area contributed by atoms with Crippen molar-refractivity contribution in [3.05, 3.63) is 50.9 Å². The molecule has 0 radical (unpaired) electrons. The average molecular weight is 267 g/mol. The number of aromatic nitrogens is 1. The molecule has 0 aromatic carbocycles. The smallest absolute Gasteiger partial charge is 0.0931 e. The van der Waals surface area contributed by atoms with Crippen LogP contribution in [0.15, 0.2) is 30.3 Å². The summed E-state index contributed by atoms with van der Waals surface area (Å²) in [6, 6.07) is 10.4. The molecule has 0 bridgehead atoms. The van der Waals surface area contributed by atoms with Gasteiger partial charge in [-0.25, -0.2) is 0 Å². The highest BCUT2D eigenvalue weighted by Gasteiger charge is 2.12. The van der Waals surface area contributed by atoms with Crippen LogP contribution >= 0.6 is 22.9 Å². The summed E-state index contributed by atoms with van der Waals surface area (Å²) < 4.78 is 0.840. The summed E-state index contributed by atoms with van der Waals surface area (Å²) in [6.45, 7) is 2.01. The van der Waals surface area contributed by atoms with Crippen molar-refractivity contribution in [2.75, 3.05) is 7.05 Å². The van der Waals surface area contributed by atoms with Gasteiger partial charge in [-0.2, -0.15) is 0 Å². The summed E-state index contributed by atoms with van der Waals surface area (Å²) in [4.78, 5) is 5.83. The van der Waals surface area contributed by atoms with E-state index in [0.717, 1.165) is 22.1 Å². The Bertz CT molecular complexity index is 496. The van der Waals surface area contributed by atoms with Crippen molar-refractivity contribution >= 4 is 22.9 Å². The van der Waals surface area contributed by atoms with Gasteiger partial charge < -0.3 is 5.32 Å². The Kier molecular flexibility index (Phi) is 4.15. The monoisotopic (exact) mass is 266 g/mol. The number of aryl methyl sites for hydroxylation is 1. The number of halogens is 1. The maximum Gasteiger partial charge on any atom is 0.0931 e. The van der Waals surface area contributed by atoms with E-state index < -0.39 is 0 Å². The van der Waals surface area contributed by atoms with Gasteiger partial charge in [0.05, 0.1) is 16.1 Å². The van der Waals surface area contributed by atoms with E-state index in [4.69, 9.17) is 11.6 Å². The summed E-state index contributed by atoms with van der Waals surface area (Å²) in [5.74, 6) is 0. The number of nitrogens with one attached hydrogen (secondary N) is 1. The summed E-state index contributed by atoms with van der Waals surface area (Å²) in [5, 5.41) is 3.30. The first kappa shape index (κ1) is 12.6. The number of rotatable bonds is 4. The van der Waals surface area contributed by atoms with Crippen LogP contribution < -0.4 is 5.32 Å². The molecule has 1 N–H and O–H groups in total. The molecule has 1 atom stereocenters. The lowest BCUT2D eigenvalue weighted by Crippen LogP contribution is -2.19. The molecule has 90 valence electrons. The molecule has 17 heavy (non-hydrogen) atoms. The maximum absolute atomic E-state index is 5.94. The van der Waals surface area contributed by atoms with E-state index in [1.54, 1.807) is 11.3 Å². The minimum atomic E-state index is 0.240. The lowest BCUT2D eigenvalue weighted by atomic mass is 10.1. The standard InChI is InChI=1S/C13H15ClN2S/c1-9-4-3-5-11(16-9)12(15-2)8-10-6-7-13(14)17-10/h3-7,12,15H,8H2,1-2H3. The van der Waals surface area contributed by atoms with Crippen LogP contribution in [0.5, 0.6) is 0 Å². The molecular formula is C13H15ClN2S. The van der Waals surface area contributed by atoms with Gasteiger partial charge in [0.1, 0.15) is 0 Å². The summed E-state index contributed by atoms with van der Waals surface area (Å²) in [6.07, 6.45) is 0.921. The van der Waals surface area contributed by atoms with Crippen molar-refractivity contribution in [2.24, 2.45) is 0 Å². The summed E-state index contributed by atoms with van der Waals surface area (Å²) in [7, 11) is 1.96. The van der Waals surface area contributed by atoms with Gasteiger partial charge in [-0.05, 0) is 38.2 Å². The largest absolute Gasteiger partial charge is 0.311 e. The number of nitrogens with zero attached hydrogens (tertiary/aromatic N) is 1. The first-order valence-corrected chi connectivity index (χ1v) is 6.73. The molecule has 0 saturated heterocycles. The second kappa shape index (κ2) is 5.63. The van der Waals surface area contributed by atoms with Crippen LogP contribution in [0.4, 0.5) is 0 Å². The molecule has 4 heteroatoms. The van der Waals surface area contributed by atoms with Crippen LogP contribution in [0, 0.1) is 6.92 Å². The highest BCUT2D eigenvalue weighted by molar-refractivity contribution is 7.16. The Morgan fingerprint density at radius 2 is 2.18 bits per heavy atom. The zero-order valence-electron chi connectivity index (χ0n) is 9.90. The van der Waals surface area contributed by atoms with Crippen LogP contribution in [0.1, 0.15) is 22.3 Å². The summed E-state index contributed by atoms with van der Waals surface area (Å²) in [5.41, 5.74) is 2.13. The fraction of sp³-hybridized carbons (Fsp3) is 0.308. The molecule has 0 aliphatic heterocycles. The van der Waals surface area contributed by atoms with Gasteiger partial charge in [0.2, 0.25) is 0 Å². The molecule has 0 aliphatic rings. The Labute approximate surface area is 111 Å². The van der Waals surface area contributed by atoms with Crippen molar-refractivity contribution in [2.45, 2.75) is 19.4 Å². The van der Waals surface area contributed by atoms with E-state index in [1.165, 1.54) is 4.88 Å². The zero-order chi connectivity index (χ0) is 12.3. The SMILES string of the molecule is CNC(Cc1ccc(Cl)s1)c1cccc(C)n1. The second-order valence-corrected chi connectivity index (χ2v) is 5.75. The highest BCUT2D eigenvalue weighted by Crippen LogP contribution is 2.25. The van der Waals surface area contributed by atoms with Gasteiger partial charge in [0, 0.05) is 17.0 Å². The fourth-order valence-corrected chi connectivity index (χ4v) is 2.91. The van der Waals surface area contributed by atoms with Crippen molar-refractivity contribution in [3.8, 4) is 0 Å². The average Bonchev–Trinajstić information content (AvgIpc) is 2.72. The van der Waals surface area contributed by atoms with Crippen LogP contribution in [0.25, 0.3) is 0 Å². The Hall–Kier alpha value is -0.900. The molecule has 2 aromatic heterocycles. The molecule has 0 fully saturated rings. The third-order valence-electron chi connectivity index (χ3n) is 2.65. The molecule has 0 amide bonds. The molecule has 0 saturated carbocycles. The molecular weight excluding hydrogens is 252 g/mol. The van der Waals surface area contributed by atoms with E-state index in [1.807, 2.05) is 32.2 Å². The Morgan fingerprint density at radius 1 is 1.35 bits per heavy atom. The van der Waals surface area contributed by atoms with Crippen molar-refractivity contribution < 1.29 is 0 Å². The van der Waals surface area contributed by atoms with Crippen molar-refractivity contribution in [3.63, 3.8) is 0 Å². The topological polar surface area (TPSA) is 24.9 Å². The van der Waals surface area contributed by atoms with Crippen LogP contribution in [-0.4, -0.2) is 12.0 Å². The number of hydrogen-bond donors (Lipinski definition) is 1. The fourth-order valence-electron chi connectivity index (χ4n) is 1.78. The quantitative estimate of drug-likeness (QED) is 0.915. The van der Waals surface area contributed by atoms with Gasteiger partial charge >= 0.3 is 0 Å².